The first-order chi connectivity index (χ1) is 17.1. The Hall–Kier alpha value is -5.74. The van der Waals surface area contributed by atoms with Crippen LogP contribution in [0.2, 0.25) is 0 Å². The smallest absolute Gasteiger partial charge is 0.138 e. The summed E-state index contributed by atoms with van der Waals surface area (Å²) in [4.78, 5) is 3.94. The molecule has 35 heavy (non-hydrogen) atoms. The molecule has 0 N–H and O–H groups in total. The van der Waals surface area contributed by atoms with Gasteiger partial charge in [0.05, 0.1) is 41.5 Å². The zero-order valence-electron chi connectivity index (χ0n) is 18.2. The van der Waals surface area contributed by atoms with E-state index in [0.717, 1.165) is 33.4 Å². The summed E-state index contributed by atoms with van der Waals surface area (Å²) in [5.74, 6) is 0. The molecule has 0 atom stereocenters. The highest BCUT2D eigenvalue weighted by Gasteiger charge is 2.36. The molecule has 0 aromatic heterocycles. The fourth-order valence-electron chi connectivity index (χ4n) is 4.95. The minimum absolute atomic E-state index is 0.0545. The highest BCUT2D eigenvalue weighted by molar-refractivity contribution is 6.15. The van der Waals surface area contributed by atoms with E-state index in [-0.39, 0.29) is 12.1 Å². The van der Waals surface area contributed by atoms with Gasteiger partial charge in [0.2, 0.25) is 0 Å². The topological polar surface area (TPSA) is 131 Å². The second-order valence-electron chi connectivity index (χ2n) is 7.98. The Morgan fingerprint density at radius 1 is 0.629 bits per heavy atom. The highest BCUT2D eigenvalue weighted by Crippen LogP contribution is 2.56. The van der Waals surface area contributed by atoms with Crippen molar-refractivity contribution in [2.24, 2.45) is 4.99 Å². The van der Waals surface area contributed by atoms with E-state index in [4.69, 9.17) is 0 Å². The minimum atomic E-state index is -0.0545. The van der Waals surface area contributed by atoms with Gasteiger partial charge in [-0.2, -0.15) is 26.3 Å². The van der Waals surface area contributed by atoms with E-state index in [1.165, 1.54) is 0 Å². The van der Waals surface area contributed by atoms with Crippen molar-refractivity contribution in [1.82, 2.24) is 0 Å². The van der Waals surface area contributed by atoms with E-state index >= 15 is 0 Å². The molecule has 0 radical (unpaired) electrons. The molecule has 2 aliphatic rings. The average Bonchev–Trinajstić information content (AvgIpc) is 3.40. The Morgan fingerprint density at radius 3 is 1.77 bits per heavy atom. The molecule has 6 heteroatoms. The maximum Gasteiger partial charge on any atom is 0.138 e. The van der Waals surface area contributed by atoms with E-state index in [0.29, 0.717) is 39.0 Å². The van der Waals surface area contributed by atoms with Crippen molar-refractivity contribution >= 4 is 17.9 Å². The van der Waals surface area contributed by atoms with Crippen molar-refractivity contribution in [3.05, 3.63) is 93.1 Å². The van der Waals surface area contributed by atoms with Gasteiger partial charge in [-0.1, -0.05) is 24.3 Å². The van der Waals surface area contributed by atoms with Gasteiger partial charge in [0.1, 0.15) is 17.7 Å². The Bertz CT molecular complexity index is 1770. The van der Waals surface area contributed by atoms with Gasteiger partial charge in [-0.25, -0.2) is 0 Å². The van der Waals surface area contributed by atoms with E-state index in [9.17, 15) is 26.3 Å². The summed E-state index contributed by atoms with van der Waals surface area (Å²) >= 11 is 0. The van der Waals surface area contributed by atoms with Crippen LogP contribution in [0.4, 0.5) is 0 Å². The molecule has 3 aromatic rings. The molecule has 0 heterocycles. The fraction of sp³-hybridized carbons (Fsp3) is 0.0345. The Balaban J connectivity index is 1.99. The molecule has 6 nitrogen and oxygen atoms in total. The van der Waals surface area contributed by atoms with Gasteiger partial charge in [0.25, 0.3) is 0 Å². The van der Waals surface area contributed by atoms with Crippen LogP contribution in [0.15, 0.2) is 64.7 Å². The number of benzene rings is 3. The Kier molecular flexibility index (Phi) is 4.82. The monoisotopic (exact) mass is 444 g/mol. The van der Waals surface area contributed by atoms with Crippen molar-refractivity contribution in [3.8, 4) is 52.6 Å². The molecule has 0 aliphatic heterocycles. The van der Waals surface area contributed by atoms with Crippen LogP contribution in [-0.4, -0.2) is 13.3 Å². The predicted molar refractivity (Wildman–Crippen MR) is 130 cm³/mol. The van der Waals surface area contributed by atoms with E-state index < -0.39 is 0 Å². The van der Waals surface area contributed by atoms with Gasteiger partial charge in [0, 0.05) is 11.1 Å². The second-order valence-corrected chi connectivity index (χ2v) is 7.98. The van der Waals surface area contributed by atoms with Crippen molar-refractivity contribution < 1.29 is 0 Å². The first-order valence-electron chi connectivity index (χ1n) is 10.5. The SMILES string of the molecule is C=NC/C(C#N)=C1/c2cc(C#N)ccc2-c2ccc3c(c21)-c1ccc(C#N)cc1C3=C(C#N)C#N. The van der Waals surface area contributed by atoms with Crippen LogP contribution in [0, 0.1) is 56.7 Å². The van der Waals surface area contributed by atoms with Crippen LogP contribution in [0.25, 0.3) is 33.4 Å². The summed E-state index contributed by atoms with van der Waals surface area (Å²) < 4.78 is 0. The van der Waals surface area contributed by atoms with E-state index in [1.54, 1.807) is 24.3 Å². The van der Waals surface area contributed by atoms with Crippen molar-refractivity contribution in [1.29, 1.82) is 26.3 Å². The minimum Gasteiger partial charge on any atom is -0.295 e. The average molecular weight is 444 g/mol. The van der Waals surface area contributed by atoms with Crippen molar-refractivity contribution in [2.75, 3.05) is 6.54 Å². The highest BCUT2D eigenvalue weighted by atomic mass is 14.7. The predicted octanol–water partition coefficient (Wildman–Crippen LogP) is 5.27. The summed E-state index contributed by atoms with van der Waals surface area (Å²) in [7, 11) is 0. The molecule has 158 valence electrons. The number of allylic oxidation sites excluding steroid dienone is 1. The quantitative estimate of drug-likeness (QED) is 0.270. The molecule has 5 rings (SSSR count). The number of hydrogen-bond donors (Lipinski definition) is 0. The normalized spacial score (nSPS) is 12.9. The molecular formula is C29H12N6. The summed E-state index contributed by atoms with van der Waals surface area (Å²) in [5, 5.41) is 48.4. The number of nitrogens with zero attached hydrogens (tertiary/aromatic N) is 6. The second kappa shape index (κ2) is 7.99. The zero-order valence-corrected chi connectivity index (χ0v) is 18.2. The van der Waals surface area contributed by atoms with Crippen molar-refractivity contribution in [2.45, 2.75) is 0 Å². The molecular weight excluding hydrogens is 432 g/mol. The Labute approximate surface area is 201 Å². The summed E-state index contributed by atoms with van der Waals surface area (Å²) in [5.41, 5.74) is 8.48. The molecule has 0 spiro atoms. The zero-order chi connectivity index (χ0) is 24.7. The first-order valence-corrected chi connectivity index (χ1v) is 10.5. The third kappa shape index (κ3) is 2.88. The third-order valence-electron chi connectivity index (χ3n) is 6.30. The molecule has 0 amide bonds. The van der Waals surface area contributed by atoms with Crippen LogP contribution in [0.5, 0.6) is 0 Å². The summed E-state index contributed by atoms with van der Waals surface area (Å²) in [6, 6.07) is 24.8. The maximum atomic E-state index is 10.0. The number of hydrogen-bond acceptors (Lipinski definition) is 6. The van der Waals surface area contributed by atoms with Crippen molar-refractivity contribution in [3.63, 3.8) is 0 Å². The van der Waals surface area contributed by atoms with Gasteiger partial charge >= 0.3 is 0 Å². The van der Waals surface area contributed by atoms with Crippen LogP contribution in [0.3, 0.4) is 0 Å². The van der Waals surface area contributed by atoms with Gasteiger partial charge in [-0.15, -0.1) is 0 Å². The lowest BCUT2D eigenvalue weighted by Gasteiger charge is -2.12. The standard InChI is InChI=1S/C29H12N6/c1-35-15-19(14-34)27-24-8-16(10-30)2-4-20(24)21-6-7-23-26(18(12-32)13-33)25-9-17(11-31)3-5-22(25)28(23)29(21)27/h2-9H,1,15H2/b27-19-. The molecule has 0 saturated heterocycles. The first kappa shape index (κ1) is 21.1. The molecule has 3 aromatic carbocycles. The van der Waals surface area contributed by atoms with Gasteiger partial charge < -0.3 is 0 Å². The van der Waals surface area contributed by atoms with E-state index in [2.05, 4.69) is 29.9 Å². The van der Waals surface area contributed by atoms with Crippen LogP contribution < -0.4 is 0 Å². The number of nitriles is 5. The van der Waals surface area contributed by atoms with Crippen LogP contribution in [0.1, 0.15) is 33.4 Å². The van der Waals surface area contributed by atoms with Gasteiger partial charge in [-0.3, -0.25) is 4.99 Å². The number of fused-ring (bicyclic) bond motifs is 7. The van der Waals surface area contributed by atoms with Gasteiger partial charge in [-0.05, 0) is 75.5 Å². The molecule has 0 fully saturated rings. The lowest BCUT2D eigenvalue weighted by molar-refractivity contribution is 1.20. The maximum absolute atomic E-state index is 10.0. The molecule has 2 aliphatic carbocycles. The molecule has 0 saturated carbocycles. The van der Waals surface area contributed by atoms with E-state index in [1.807, 2.05) is 36.4 Å². The largest absolute Gasteiger partial charge is 0.295 e. The van der Waals surface area contributed by atoms with Gasteiger partial charge in [0.15, 0.2) is 0 Å². The Morgan fingerprint density at radius 2 is 1.20 bits per heavy atom. The lowest BCUT2D eigenvalue weighted by atomic mass is 9.90. The molecule has 0 bridgehead atoms. The third-order valence-corrected chi connectivity index (χ3v) is 6.30. The lowest BCUT2D eigenvalue weighted by Crippen LogP contribution is -1.96. The fourth-order valence-corrected chi connectivity index (χ4v) is 4.95. The summed E-state index contributed by atoms with van der Waals surface area (Å²) in [6.07, 6.45) is 0. The number of rotatable bonds is 2. The van der Waals surface area contributed by atoms with Crippen LogP contribution >= 0.6 is 0 Å². The van der Waals surface area contributed by atoms with Crippen LogP contribution in [-0.2, 0) is 0 Å². The summed E-state index contributed by atoms with van der Waals surface area (Å²) in [6.45, 7) is 3.65. The molecule has 0 unspecified atom stereocenters. The number of aliphatic imine (C=N–C) groups is 1.